The third-order valence-electron chi connectivity index (χ3n) is 25.6. The molecule has 0 N–H and O–H groups in total. The maximum atomic E-state index is 6.43. The summed E-state index contributed by atoms with van der Waals surface area (Å²) in [4.78, 5) is 6.11. The van der Waals surface area contributed by atoms with Crippen LogP contribution in [0.1, 0.15) is 63.0 Å². The molecule has 1 aliphatic heterocycles. The van der Waals surface area contributed by atoms with Gasteiger partial charge in [-0.15, -0.1) is 22.7 Å². The highest BCUT2D eigenvalue weighted by Crippen LogP contribution is 2.93. The van der Waals surface area contributed by atoms with Crippen LogP contribution in [0.4, 0.5) is 0 Å². The van der Waals surface area contributed by atoms with Crippen molar-refractivity contribution in [2.45, 2.75) is 57.4 Å². The van der Waals surface area contributed by atoms with E-state index >= 15 is 0 Å². The van der Waals surface area contributed by atoms with Crippen molar-refractivity contribution in [3.8, 4) is 9.75 Å². The van der Waals surface area contributed by atoms with Gasteiger partial charge in [-0.05, 0) is 222 Å². The molecule has 5 heteroatoms. The van der Waals surface area contributed by atoms with Crippen LogP contribution in [0.2, 0.25) is 0 Å². The van der Waals surface area contributed by atoms with Crippen molar-refractivity contribution < 1.29 is 9.47 Å². The molecule has 3 nitrogen and oxygen atoms in total. The second-order valence-electron chi connectivity index (χ2n) is 25.5. The molecule has 14 fully saturated rings. The van der Waals surface area contributed by atoms with E-state index in [-0.39, 0.29) is 0 Å². The van der Waals surface area contributed by atoms with Gasteiger partial charge in [0.05, 0.1) is 19.8 Å². The smallest absolute Gasteiger partial charge is 0.0700 e. The second kappa shape index (κ2) is 10.2. The van der Waals surface area contributed by atoms with E-state index in [1.165, 1.54) is 46.9 Å². The highest BCUT2D eigenvalue weighted by Gasteiger charge is 2.88. The average Bonchev–Trinajstić information content (AvgIpc) is 4.09. The van der Waals surface area contributed by atoms with Gasteiger partial charge in [0.1, 0.15) is 0 Å². The van der Waals surface area contributed by atoms with Crippen LogP contribution in [-0.2, 0) is 9.47 Å². The predicted molar refractivity (Wildman–Crippen MR) is 229 cm³/mol. The highest BCUT2D eigenvalue weighted by atomic mass is 32.1. The summed E-state index contributed by atoms with van der Waals surface area (Å²) in [7, 11) is 1.82. The minimum Gasteiger partial charge on any atom is -0.382 e. The third-order valence-corrected chi connectivity index (χ3v) is 27.6. The molecule has 3 heterocycles. The Kier molecular flexibility index (Phi) is 5.59. The Balaban J connectivity index is 0.872. The number of ether oxygens (including phenoxy) is 2. The lowest BCUT2D eigenvalue weighted by Crippen LogP contribution is -2.59. The van der Waals surface area contributed by atoms with Gasteiger partial charge in [-0.1, -0.05) is 28.4 Å². The first-order valence-corrected chi connectivity index (χ1v) is 27.4. The lowest BCUT2D eigenvalue weighted by Gasteiger charge is -2.62. The van der Waals surface area contributed by atoms with Crippen LogP contribution in [0.3, 0.4) is 0 Å². The normalized spacial score (nSPS) is 62.8. The highest BCUT2D eigenvalue weighted by molar-refractivity contribution is 7.20. The number of fused-ring (bicyclic) bond motifs is 1. The molecule has 17 aliphatic rings. The van der Waals surface area contributed by atoms with Crippen molar-refractivity contribution >= 4 is 22.7 Å². The summed E-state index contributed by atoms with van der Waals surface area (Å²) < 4.78 is 11.9. The van der Waals surface area contributed by atoms with Crippen molar-refractivity contribution in [2.24, 2.45) is 159 Å². The Bertz CT molecular complexity index is 2360. The zero-order valence-corrected chi connectivity index (χ0v) is 36.4. The van der Waals surface area contributed by atoms with E-state index in [2.05, 4.69) is 67.5 Å². The quantitative estimate of drug-likeness (QED) is 0.196. The summed E-state index contributed by atoms with van der Waals surface area (Å²) in [6.45, 7) is 4.67. The number of hydrogen-bond donors (Lipinski definition) is 0. The third kappa shape index (κ3) is 3.14. The zero-order valence-electron chi connectivity index (χ0n) is 34.7. The first-order chi connectivity index (χ1) is 29.2. The fourth-order valence-corrected chi connectivity index (χ4v) is 28.5. The van der Waals surface area contributed by atoms with Crippen molar-refractivity contribution in [3.63, 3.8) is 0 Å². The molecule has 28 unspecified atom stereocenters. The molecular weight excluding hydrogens is 759 g/mol. The molecular formula is C54H61NO2S2. The van der Waals surface area contributed by atoms with Gasteiger partial charge in [0, 0.05) is 53.2 Å². The fourth-order valence-electron chi connectivity index (χ4n) is 26.7. The average molecular weight is 820 g/mol. The van der Waals surface area contributed by atoms with E-state index in [4.69, 9.17) is 9.47 Å². The Hall–Kier alpha value is -1.24. The van der Waals surface area contributed by atoms with Gasteiger partial charge in [-0.3, -0.25) is 4.90 Å². The first kappa shape index (κ1) is 32.4. The van der Waals surface area contributed by atoms with Gasteiger partial charge in [0.25, 0.3) is 0 Å². The number of likely N-dealkylation sites (tertiary alicyclic amines) is 1. The minimum atomic E-state index is 0.405. The van der Waals surface area contributed by atoms with Crippen LogP contribution >= 0.6 is 22.7 Å². The molecule has 1 spiro atoms. The van der Waals surface area contributed by atoms with E-state index in [9.17, 15) is 0 Å². The number of rotatable bonds is 8. The number of thiophene rings is 2. The monoisotopic (exact) mass is 819 g/mol. The Morgan fingerprint density at radius 2 is 1.37 bits per heavy atom. The standard InChI is InChI=1S/C54H61NO2S2/c1-56-6-7-57-5-4-55-18-29-28-15-25-13-22-11-23-10-20-9-21-12-24-14-26-17-54(29,53(55)27-16-31(59-19-27)30-3-2-8-58-30)52-38(26)43-37(24)42-33(21)32(20)40-36(23)41-34(22)35(25)44-39(28)51(52)50-48(43)46(42)45(40)47(41)49(44)50/h2-3,8,16,19-24,26,29,32-34,36-38,40-53H,4-7,9-15,17-18H2,1H3. The summed E-state index contributed by atoms with van der Waals surface area (Å²) in [5.41, 5.74) is 10.8. The topological polar surface area (TPSA) is 21.7 Å². The van der Waals surface area contributed by atoms with Gasteiger partial charge in [-0.25, -0.2) is 0 Å². The maximum absolute atomic E-state index is 6.43. The van der Waals surface area contributed by atoms with Crippen molar-refractivity contribution in [1.82, 2.24) is 4.90 Å². The van der Waals surface area contributed by atoms with E-state index in [1.807, 2.05) is 18.4 Å². The van der Waals surface area contributed by atoms with Crippen LogP contribution in [0.15, 0.2) is 51.3 Å². The van der Waals surface area contributed by atoms with Gasteiger partial charge in [0.2, 0.25) is 0 Å². The lowest BCUT2D eigenvalue weighted by molar-refractivity contribution is -0.149. The summed E-state index contributed by atoms with van der Waals surface area (Å²) in [6, 6.07) is 7.96. The van der Waals surface area contributed by atoms with Gasteiger partial charge < -0.3 is 9.47 Å². The SMILES string of the molecule is COCCOCCN1CC2C3=C4C5C6=C(C3)CC3CC7CC8CC9CC%10CC%11CC2(C2C4C4C5C5C(C63)C7C3C8C9C6C%10C(C4C6C35)C%112)C1c1csc(-c2cccs2)c1. The molecule has 0 bridgehead atoms. The molecule has 19 rings (SSSR count). The predicted octanol–water partition coefficient (Wildman–Crippen LogP) is 10.4. The molecule has 1 saturated heterocycles. The molecule has 306 valence electrons. The lowest BCUT2D eigenvalue weighted by atomic mass is 9.41. The molecule has 0 amide bonds. The number of methoxy groups -OCH3 is 1. The van der Waals surface area contributed by atoms with E-state index in [0.29, 0.717) is 18.1 Å². The molecule has 59 heavy (non-hydrogen) atoms. The Morgan fingerprint density at radius 3 is 2.17 bits per heavy atom. The van der Waals surface area contributed by atoms with Crippen LogP contribution in [0, 0.1) is 159 Å². The number of nitrogens with zero attached hydrogens (tertiary/aromatic N) is 1. The first-order valence-electron chi connectivity index (χ1n) is 25.6. The molecule has 13 saturated carbocycles. The Morgan fingerprint density at radius 1 is 0.678 bits per heavy atom. The number of allylic oxidation sites excluding steroid dienone is 3. The molecule has 28 atom stereocenters. The maximum Gasteiger partial charge on any atom is 0.0700 e. The zero-order chi connectivity index (χ0) is 37.3. The minimum absolute atomic E-state index is 0.405. The summed E-state index contributed by atoms with van der Waals surface area (Å²) in [5, 5.41) is 5.00. The largest absolute Gasteiger partial charge is 0.382 e. The molecule has 16 aliphatic carbocycles. The van der Waals surface area contributed by atoms with E-state index in [1.54, 1.807) is 44.1 Å². The molecule has 2 aromatic heterocycles. The summed E-state index contributed by atoms with van der Waals surface area (Å²) in [5.74, 6) is 27.9. The van der Waals surface area contributed by atoms with Crippen LogP contribution in [0.5, 0.6) is 0 Å². The molecule has 0 aromatic carbocycles. The molecule has 2 aromatic rings. The van der Waals surface area contributed by atoms with Crippen molar-refractivity contribution in [3.05, 3.63) is 56.8 Å². The summed E-state index contributed by atoms with van der Waals surface area (Å²) in [6.07, 6.45) is 12.9. The van der Waals surface area contributed by atoms with Gasteiger partial charge >= 0.3 is 0 Å². The van der Waals surface area contributed by atoms with Crippen molar-refractivity contribution in [2.75, 3.05) is 40.0 Å². The van der Waals surface area contributed by atoms with Crippen LogP contribution in [-0.4, -0.2) is 44.9 Å². The number of hydrogen-bond acceptors (Lipinski definition) is 5. The Labute approximate surface area is 358 Å². The fraction of sp³-hybridized carbons (Fsp3) is 0.778. The second-order valence-corrected chi connectivity index (χ2v) is 27.3. The van der Waals surface area contributed by atoms with Crippen LogP contribution in [0.25, 0.3) is 9.75 Å². The summed E-state index contributed by atoms with van der Waals surface area (Å²) >= 11 is 4.02. The van der Waals surface area contributed by atoms with Crippen LogP contribution < -0.4 is 0 Å². The van der Waals surface area contributed by atoms with Gasteiger partial charge in [-0.2, -0.15) is 0 Å². The van der Waals surface area contributed by atoms with E-state index < -0.39 is 0 Å². The van der Waals surface area contributed by atoms with Gasteiger partial charge in [0.15, 0.2) is 0 Å². The van der Waals surface area contributed by atoms with Crippen molar-refractivity contribution in [1.29, 1.82) is 0 Å². The molecule has 0 radical (unpaired) electrons. The van der Waals surface area contributed by atoms with E-state index in [0.717, 1.165) is 156 Å².